The average Bonchev–Trinajstić information content (AvgIpc) is 2.82. The number of hydrogen-bond donors (Lipinski definition) is 0. The maximum Gasteiger partial charge on any atom is 0.0136 e. The van der Waals surface area contributed by atoms with Gasteiger partial charge in [0.1, 0.15) is 0 Å². The van der Waals surface area contributed by atoms with Gasteiger partial charge in [0.25, 0.3) is 0 Å². The van der Waals surface area contributed by atoms with Crippen LogP contribution in [-0.4, -0.2) is 0 Å². The Bertz CT molecular complexity index is 705. The van der Waals surface area contributed by atoms with Crippen LogP contribution in [0, 0.1) is 0 Å². The van der Waals surface area contributed by atoms with E-state index in [1.807, 2.05) is 0 Å². The molecule has 0 heteroatoms. The third-order valence-corrected chi connectivity index (χ3v) is 4.02. The lowest BCUT2D eigenvalue weighted by molar-refractivity contribution is 0.848. The smallest absolute Gasteiger partial charge is 0.0136 e. The second kappa shape index (κ2) is 3.71. The fourth-order valence-corrected chi connectivity index (χ4v) is 3.22. The van der Waals surface area contributed by atoms with Crippen molar-refractivity contribution in [3.8, 4) is 0 Å². The molecule has 3 aromatic rings. The molecule has 0 aromatic heterocycles. The van der Waals surface area contributed by atoms with Gasteiger partial charge in [0.05, 0.1) is 0 Å². The number of benzene rings is 3. The van der Waals surface area contributed by atoms with Crippen LogP contribution in [0.1, 0.15) is 22.6 Å². The van der Waals surface area contributed by atoms with Crippen LogP contribution in [0.15, 0.2) is 66.7 Å². The first-order valence-electron chi connectivity index (χ1n) is 6.49. The van der Waals surface area contributed by atoms with Crippen LogP contribution in [0.2, 0.25) is 0 Å². The van der Waals surface area contributed by atoms with Gasteiger partial charge in [-0.2, -0.15) is 0 Å². The molecule has 1 atom stereocenters. The van der Waals surface area contributed by atoms with Crippen molar-refractivity contribution in [3.63, 3.8) is 0 Å². The molecule has 0 aliphatic heterocycles. The van der Waals surface area contributed by atoms with Crippen LogP contribution in [0.4, 0.5) is 0 Å². The minimum absolute atomic E-state index is 0.535. The topological polar surface area (TPSA) is 0 Å². The molecule has 0 unspecified atom stereocenters. The van der Waals surface area contributed by atoms with Crippen molar-refractivity contribution >= 4 is 10.8 Å². The van der Waals surface area contributed by atoms with Crippen molar-refractivity contribution in [2.45, 2.75) is 12.3 Å². The van der Waals surface area contributed by atoms with Crippen LogP contribution < -0.4 is 0 Å². The summed E-state index contributed by atoms with van der Waals surface area (Å²) in [6, 6.07) is 24.2. The van der Waals surface area contributed by atoms with Crippen molar-refractivity contribution in [1.82, 2.24) is 0 Å². The molecule has 0 saturated heterocycles. The summed E-state index contributed by atoms with van der Waals surface area (Å²) in [5.74, 6) is 0.535. The lowest BCUT2D eigenvalue weighted by Crippen LogP contribution is -1.97. The second-order valence-corrected chi connectivity index (χ2v) is 5.03. The van der Waals surface area contributed by atoms with Crippen molar-refractivity contribution in [1.29, 1.82) is 0 Å². The zero-order valence-electron chi connectivity index (χ0n) is 10.1. The first-order chi connectivity index (χ1) is 8.93. The van der Waals surface area contributed by atoms with E-state index in [0.29, 0.717) is 5.92 Å². The first kappa shape index (κ1) is 9.90. The van der Waals surface area contributed by atoms with Gasteiger partial charge in [-0.25, -0.2) is 0 Å². The van der Waals surface area contributed by atoms with Gasteiger partial charge in [0.15, 0.2) is 0 Å². The minimum Gasteiger partial charge on any atom is -0.0622 e. The van der Waals surface area contributed by atoms with E-state index in [9.17, 15) is 0 Å². The predicted octanol–water partition coefficient (Wildman–Crippen LogP) is 4.53. The van der Waals surface area contributed by atoms with E-state index in [0.717, 1.165) is 6.42 Å². The maximum atomic E-state index is 2.29. The molecule has 0 bridgehead atoms. The second-order valence-electron chi connectivity index (χ2n) is 5.03. The van der Waals surface area contributed by atoms with E-state index < -0.39 is 0 Å². The maximum absolute atomic E-state index is 2.29. The molecule has 0 nitrogen and oxygen atoms in total. The van der Waals surface area contributed by atoms with Crippen molar-refractivity contribution in [3.05, 3.63) is 83.4 Å². The van der Waals surface area contributed by atoms with Crippen molar-refractivity contribution in [2.75, 3.05) is 0 Å². The van der Waals surface area contributed by atoms with Crippen LogP contribution in [0.3, 0.4) is 0 Å². The molecule has 0 radical (unpaired) electrons. The van der Waals surface area contributed by atoms with Gasteiger partial charge < -0.3 is 0 Å². The van der Waals surface area contributed by atoms with Gasteiger partial charge in [-0.15, -0.1) is 0 Å². The van der Waals surface area contributed by atoms with Crippen molar-refractivity contribution in [2.24, 2.45) is 0 Å². The summed E-state index contributed by atoms with van der Waals surface area (Å²) in [4.78, 5) is 0. The van der Waals surface area contributed by atoms with E-state index in [1.165, 1.54) is 27.5 Å². The predicted molar refractivity (Wildman–Crippen MR) is 75.9 cm³/mol. The highest BCUT2D eigenvalue weighted by molar-refractivity contribution is 5.92. The quantitative estimate of drug-likeness (QED) is 0.576. The Balaban J connectivity index is 1.97. The summed E-state index contributed by atoms with van der Waals surface area (Å²) < 4.78 is 0. The standard InChI is InChI=1S/C18H14/c1-2-6-13(7-3-1)17-12-15-10-4-8-14-9-5-11-16(17)18(14)15/h1-11,17H,12H2/t17-/m1/s1. The van der Waals surface area contributed by atoms with E-state index in [1.54, 1.807) is 0 Å². The number of rotatable bonds is 1. The van der Waals surface area contributed by atoms with Crippen LogP contribution in [0.5, 0.6) is 0 Å². The zero-order chi connectivity index (χ0) is 11.9. The zero-order valence-corrected chi connectivity index (χ0v) is 10.1. The van der Waals surface area contributed by atoms with E-state index in [4.69, 9.17) is 0 Å². The fraction of sp³-hybridized carbons (Fsp3) is 0.111. The van der Waals surface area contributed by atoms with Gasteiger partial charge in [-0.1, -0.05) is 66.7 Å². The Morgan fingerprint density at radius 1 is 0.722 bits per heavy atom. The van der Waals surface area contributed by atoms with Gasteiger partial charge in [-0.3, -0.25) is 0 Å². The molecule has 4 rings (SSSR count). The summed E-state index contributed by atoms with van der Waals surface area (Å²) in [6.45, 7) is 0. The molecule has 0 spiro atoms. The van der Waals surface area contributed by atoms with Gasteiger partial charge in [0.2, 0.25) is 0 Å². The lowest BCUT2D eigenvalue weighted by Gasteiger charge is -2.11. The molecule has 1 aliphatic carbocycles. The molecule has 0 fully saturated rings. The Hall–Kier alpha value is -2.08. The third kappa shape index (κ3) is 1.32. The summed E-state index contributed by atoms with van der Waals surface area (Å²) in [6.07, 6.45) is 1.14. The molecular weight excluding hydrogens is 216 g/mol. The highest BCUT2D eigenvalue weighted by atomic mass is 14.3. The minimum atomic E-state index is 0.535. The van der Waals surface area contributed by atoms with E-state index >= 15 is 0 Å². The largest absolute Gasteiger partial charge is 0.0622 e. The normalized spacial score (nSPS) is 17.2. The van der Waals surface area contributed by atoms with Gasteiger partial charge in [-0.05, 0) is 33.9 Å². The Labute approximate surface area is 107 Å². The molecule has 18 heavy (non-hydrogen) atoms. The van der Waals surface area contributed by atoms with Crippen LogP contribution >= 0.6 is 0 Å². The molecule has 0 amide bonds. The van der Waals surface area contributed by atoms with E-state index in [2.05, 4.69) is 66.7 Å². The van der Waals surface area contributed by atoms with Crippen LogP contribution in [0.25, 0.3) is 10.8 Å². The molecule has 86 valence electrons. The van der Waals surface area contributed by atoms with Gasteiger partial charge in [0, 0.05) is 5.92 Å². The summed E-state index contributed by atoms with van der Waals surface area (Å²) >= 11 is 0. The third-order valence-electron chi connectivity index (χ3n) is 4.02. The lowest BCUT2D eigenvalue weighted by atomic mass is 9.92. The van der Waals surface area contributed by atoms with Crippen LogP contribution in [-0.2, 0) is 6.42 Å². The first-order valence-corrected chi connectivity index (χ1v) is 6.49. The van der Waals surface area contributed by atoms with E-state index in [-0.39, 0.29) is 0 Å². The summed E-state index contributed by atoms with van der Waals surface area (Å²) in [5.41, 5.74) is 4.42. The van der Waals surface area contributed by atoms with Gasteiger partial charge >= 0.3 is 0 Å². The Morgan fingerprint density at radius 3 is 2.33 bits per heavy atom. The Kier molecular flexibility index (Phi) is 2.04. The molecule has 0 saturated carbocycles. The summed E-state index contributed by atoms with van der Waals surface area (Å²) in [5, 5.41) is 2.86. The summed E-state index contributed by atoms with van der Waals surface area (Å²) in [7, 11) is 0. The molecule has 1 aliphatic rings. The number of hydrogen-bond acceptors (Lipinski definition) is 0. The monoisotopic (exact) mass is 230 g/mol. The molecule has 0 heterocycles. The molecule has 0 N–H and O–H groups in total. The average molecular weight is 230 g/mol. The molecule has 3 aromatic carbocycles. The SMILES string of the molecule is c1ccc([C@H]2Cc3cccc4cccc2c34)cc1. The molecular formula is C18H14. The highest BCUT2D eigenvalue weighted by Crippen LogP contribution is 2.41. The fourth-order valence-electron chi connectivity index (χ4n) is 3.22. The highest BCUT2D eigenvalue weighted by Gasteiger charge is 2.24. The Morgan fingerprint density at radius 2 is 1.50 bits per heavy atom. The van der Waals surface area contributed by atoms with Crippen molar-refractivity contribution < 1.29 is 0 Å².